The smallest absolute Gasteiger partial charge is 0.117 e. The van der Waals surface area contributed by atoms with E-state index >= 15 is 0 Å². The van der Waals surface area contributed by atoms with Gasteiger partial charge in [0.2, 0.25) is 0 Å². The Balaban J connectivity index is 2.68. The van der Waals surface area contributed by atoms with Crippen LogP contribution in [0.15, 0.2) is 36.4 Å². The Morgan fingerprint density at radius 3 is 2.56 bits per heavy atom. The van der Waals surface area contributed by atoms with Crippen molar-refractivity contribution in [3.8, 4) is 12.1 Å². The van der Waals surface area contributed by atoms with Gasteiger partial charge in [-0.1, -0.05) is 42.5 Å². The maximum absolute atomic E-state index is 8.95. The monoisotopic (exact) mass is 211 g/mol. The number of likely N-dealkylation sites (N-methyl/N-ethyl adjacent to an activating group) is 1. The zero-order chi connectivity index (χ0) is 11.8. The van der Waals surface area contributed by atoms with Gasteiger partial charge in [-0.15, -0.1) is 0 Å². The van der Waals surface area contributed by atoms with Crippen LogP contribution in [0, 0.1) is 22.7 Å². The minimum absolute atomic E-state index is 0.247. The van der Waals surface area contributed by atoms with Crippen molar-refractivity contribution in [2.45, 2.75) is 6.04 Å². The Kier molecular flexibility index (Phi) is 4.79. The average Bonchev–Trinajstić information content (AvgIpc) is 2.31. The van der Waals surface area contributed by atoms with E-state index in [1.807, 2.05) is 42.5 Å². The Morgan fingerprint density at radius 2 is 2.00 bits per heavy atom. The lowest BCUT2D eigenvalue weighted by Crippen LogP contribution is -2.28. The third-order valence-corrected chi connectivity index (χ3v) is 2.20. The molecule has 0 spiro atoms. The van der Waals surface area contributed by atoms with Gasteiger partial charge in [0, 0.05) is 0 Å². The molecule has 0 aliphatic carbocycles. The highest BCUT2D eigenvalue weighted by atomic mass is 15.1. The van der Waals surface area contributed by atoms with Crippen molar-refractivity contribution in [1.29, 1.82) is 10.5 Å². The predicted molar refractivity (Wildman–Crippen MR) is 63.1 cm³/mol. The molecule has 1 aromatic carbocycles. The van der Waals surface area contributed by atoms with Crippen molar-refractivity contribution in [1.82, 2.24) is 4.90 Å². The summed E-state index contributed by atoms with van der Waals surface area (Å²) >= 11 is 0. The highest BCUT2D eigenvalue weighted by Crippen LogP contribution is 2.04. The van der Waals surface area contributed by atoms with Gasteiger partial charge in [-0.05, 0) is 12.6 Å². The molecule has 0 N–H and O–H groups in total. The first-order valence-electron chi connectivity index (χ1n) is 4.98. The summed E-state index contributed by atoms with van der Waals surface area (Å²) in [6.07, 6.45) is 3.69. The van der Waals surface area contributed by atoms with E-state index in [2.05, 4.69) is 6.07 Å². The summed E-state index contributed by atoms with van der Waals surface area (Å²) in [4.78, 5) is 1.69. The van der Waals surface area contributed by atoms with Crippen LogP contribution in [0.25, 0.3) is 6.08 Å². The van der Waals surface area contributed by atoms with Gasteiger partial charge in [-0.2, -0.15) is 10.5 Å². The summed E-state index contributed by atoms with van der Waals surface area (Å²) in [5.41, 5.74) is 1.05. The zero-order valence-corrected chi connectivity index (χ0v) is 9.17. The lowest BCUT2D eigenvalue weighted by Gasteiger charge is -2.15. The van der Waals surface area contributed by atoms with Crippen molar-refractivity contribution in [3.05, 3.63) is 42.0 Å². The van der Waals surface area contributed by atoms with Gasteiger partial charge < -0.3 is 0 Å². The van der Waals surface area contributed by atoms with Crippen molar-refractivity contribution >= 4 is 6.08 Å². The first-order valence-corrected chi connectivity index (χ1v) is 4.98. The van der Waals surface area contributed by atoms with Crippen LogP contribution in [-0.2, 0) is 0 Å². The molecule has 80 valence electrons. The molecule has 0 aliphatic rings. The standard InChI is InChI=1S/C13H13N3/c1-16(10-9-14)13(11-15)8-7-12-5-3-2-4-6-12/h2-8,13H,10H2,1H3/b8-7+. The van der Waals surface area contributed by atoms with Gasteiger partial charge in [-0.3, -0.25) is 4.90 Å². The summed E-state index contributed by atoms with van der Waals surface area (Å²) in [6.45, 7) is 0.247. The Morgan fingerprint density at radius 1 is 1.31 bits per heavy atom. The van der Waals surface area contributed by atoms with Gasteiger partial charge in [0.25, 0.3) is 0 Å². The molecule has 16 heavy (non-hydrogen) atoms. The molecule has 0 radical (unpaired) electrons. The van der Waals surface area contributed by atoms with Crippen LogP contribution in [0.2, 0.25) is 0 Å². The minimum atomic E-state index is -0.361. The van der Waals surface area contributed by atoms with Crippen LogP contribution in [-0.4, -0.2) is 24.5 Å². The van der Waals surface area contributed by atoms with Crippen LogP contribution in [0.1, 0.15) is 5.56 Å². The molecule has 3 nitrogen and oxygen atoms in total. The van der Waals surface area contributed by atoms with E-state index in [4.69, 9.17) is 10.5 Å². The lowest BCUT2D eigenvalue weighted by atomic mass is 10.1. The van der Waals surface area contributed by atoms with Gasteiger partial charge >= 0.3 is 0 Å². The Bertz CT molecular complexity index is 423. The highest BCUT2D eigenvalue weighted by Gasteiger charge is 2.08. The van der Waals surface area contributed by atoms with E-state index in [9.17, 15) is 0 Å². The fourth-order valence-corrected chi connectivity index (χ4v) is 1.26. The van der Waals surface area contributed by atoms with Crippen molar-refractivity contribution in [2.24, 2.45) is 0 Å². The number of benzene rings is 1. The third kappa shape index (κ3) is 3.57. The lowest BCUT2D eigenvalue weighted by molar-refractivity contribution is 0.364. The number of nitriles is 2. The van der Waals surface area contributed by atoms with Gasteiger partial charge in [0.05, 0.1) is 18.7 Å². The van der Waals surface area contributed by atoms with E-state index in [0.29, 0.717) is 0 Å². The minimum Gasteiger partial charge on any atom is -0.275 e. The zero-order valence-electron chi connectivity index (χ0n) is 9.17. The van der Waals surface area contributed by atoms with Crippen molar-refractivity contribution < 1.29 is 0 Å². The van der Waals surface area contributed by atoms with Crippen LogP contribution in [0.4, 0.5) is 0 Å². The fourth-order valence-electron chi connectivity index (χ4n) is 1.26. The van der Waals surface area contributed by atoms with Gasteiger partial charge in [0.1, 0.15) is 6.04 Å². The molecule has 0 aliphatic heterocycles. The second-order valence-corrected chi connectivity index (χ2v) is 3.42. The third-order valence-electron chi connectivity index (χ3n) is 2.20. The van der Waals surface area contributed by atoms with E-state index in [1.54, 1.807) is 18.0 Å². The SMILES string of the molecule is CN(CC#N)C(C#N)/C=C/c1ccccc1. The van der Waals surface area contributed by atoms with Crippen LogP contribution < -0.4 is 0 Å². The summed E-state index contributed by atoms with van der Waals surface area (Å²) in [5.74, 6) is 0. The fraction of sp³-hybridized carbons (Fsp3) is 0.231. The molecule has 0 aromatic heterocycles. The van der Waals surface area contributed by atoms with Crippen molar-refractivity contribution in [3.63, 3.8) is 0 Å². The van der Waals surface area contributed by atoms with Crippen LogP contribution >= 0.6 is 0 Å². The van der Waals surface area contributed by atoms with Crippen molar-refractivity contribution in [2.75, 3.05) is 13.6 Å². The molecular weight excluding hydrogens is 198 g/mol. The maximum Gasteiger partial charge on any atom is 0.117 e. The molecule has 1 atom stereocenters. The average molecular weight is 211 g/mol. The summed E-state index contributed by atoms with van der Waals surface area (Å²) in [7, 11) is 1.76. The summed E-state index contributed by atoms with van der Waals surface area (Å²) < 4.78 is 0. The quantitative estimate of drug-likeness (QED) is 0.716. The van der Waals surface area contributed by atoms with Gasteiger partial charge in [-0.25, -0.2) is 0 Å². The van der Waals surface area contributed by atoms with E-state index in [-0.39, 0.29) is 12.6 Å². The first-order chi connectivity index (χ1) is 7.77. The predicted octanol–water partition coefficient (Wildman–Crippen LogP) is 2.05. The molecule has 1 rings (SSSR count). The molecule has 1 aromatic rings. The van der Waals surface area contributed by atoms with Crippen LogP contribution in [0.5, 0.6) is 0 Å². The summed E-state index contributed by atoms with van der Waals surface area (Å²) in [5, 5.41) is 17.5. The number of nitrogens with zero attached hydrogens (tertiary/aromatic N) is 3. The van der Waals surface area contributed by atoms with E-state index in [0.717, 1.165) is 5.56 Å². The normalized spacial score (nSPS) is 12.2. The molecule has 0 fully saturated rings. The summed E-state index contributed by atoms with van der Waals surface area (Å²) in [6, 6.07) is 13.6. The van der Waals surface area contributed by atoms with Crippen LogP contribution in [0.3, 0.4) is 0 Å². The Hall–Kier alpha value is -2.10. The molecular formula is C13H13N3. The number of rotatable bonds is 4. The molecule has 0 bridgehead atoms. The molecule has 0 heterocycles. The largest absolute Gasteiger partial charge is 0.275 e. The Labute approximate surface area is 95.8 Å². The number of hydrogen-bond acceptors (Lipinski definition) is 3. The number of hydrogen-bond donors (Lipinski definition) is 0. The second-order valence-electron chi connectivity index (χ2n) is 3.42. The topological polar surface area (TPSA) is 50.8 Å². The molecule has 0 amide bonds. The molecule has 1 unspecified atom stereocenters. The van der Waals surface area contributed by atoms with E-state index in [1.165, 1.54) is 0 Å². The van der Waals surface area contributed by atoms with Gasteiger partial charge in [0.15, 0.2) is 0 Å². The second kappa shape index (κ2) is 6.40. The molecule has 3 heteroatoms. The molecule has 0 saturated carbocycles. The maximum atomic E-state index is 8.95. The highest BCUT2D eigenvalue weighted by molar-refractivity contribution is 5.50. The van der Waals surface area contributed by atoms with E-state index < -0.39 is 0 Å². The molecule has 0 saturated heterocycles. The first kappa shape index (κ1) is 12.0.